The first kappa shape index (κ1) is 13.1. The minimum Gasteiger partial charge on any atom is -0.439 e. The average Bonchev–Trinajstić information content (AvgIpc) is 2.34. The van der Waals surface area contributed by atoms with Crippen molar-refractivity contribution in [3.63, 3.8) is 0 Å². The molecule has 0 saturated carbocycles. The van der Waals surface area contributed by atoms with Crippen molar-refractivity contribution >= 4 is 23.2 Å². The van der Waals surface area contributed by atoms with Gasteiger partial charge in [-0.1, -0.05) is 17.7 Å². The van der Waals surface area contributed by atoms with Crippen LogP contribution in [0.15, 0.2) is 30.3 Å². The van der Waals surface area contributed by atoms with Crippen molar-refractivity contribution in [1.82, 2.24) is 4.98 Å². The predicted octanol–water partition coefficient (Wildman–Crippen LogP) is 4.71. The fraction of sp³-hybridized carbons (Fsp3) is 0.154. The molecule has 2 aromatic rings. The molecule has 0 saturated heterocycles. The molecule has 0 aliphatic rings. The Morgan fingerprint density at radius 3 is 2.67 bits per heavy atom. The Bertz CT molecular complexity index is 575. The number of rotatable bonds is 3. The largest absolute Gasteiger partial charge is 0.439 e. The lowest BCUT2D eigenvalue weighted by atomic mass is 10.2. The van der Waals surface area contributed by atoms with Crippen LogP contribution in [-0.2, 0) is 5.88 Å². The van der Waals surface area contributed by atoms with Crippen molar-refractivity contribution in [2.24, 2.45) is 0 Å². The molecule has 1 aromatic carbocycles. The summed E-state index contributed by atoms with van der Waals surface area (Å²) in [5, 5.41) is 0.0592. The Balaban J connectivity index is 2.23. The van der Waals surface area contributed by atoms with Gasteiger partial charge < -0.3 is 4.74 Å². The van der Waals surface area contributed by atoms with Crippen molar-refractivity contribution in [3.8, 4) is 11.6 Å². The van der Waals surface area contributed by atoms with E-state index in [1.54, 1.807) is 12.1 Å². The number of benzene rings is 1. The van der Waals surface area contributed by atoms with E-state index in [0.29, 0.717) is 17.5 Å². The highest BCUT2D eigenvalue weighted by Gasteiger charge is 2.05. The lowest BCUT2D eigenvalue weighted by Gasteiger charge is -2.07. The van der Waals surface area contributed by atoms with E-state index in [9.17, 15) is 4.39 Å². The zero-order valence-corrected chi connectivity index (χ0v) is 11.1. The summed E-state index contributed by atoms with van der Waals surface area (Å²) in [6, 6.07) is 7.76. The van der Waals surface area contributed by atoms with Gasteiger partial charge in [-0.25, -0.2) is 9.37 Å². The first-order valence-electron chi connectivity index (χ1n) is 5.25. The quantitative estimate of drug-likeness (QED) is 0.762. The summed E-state index contributed by atoms with van der Waals surface area (Å²) < 4.78 is 18.7. The van der Waals surface area contributed by atoms with Gasteiger partial charge >= 0.3 is 0 Å². The van der Waals surface area contributed by atoms with Crippen LogP contribution in [0.25, 0.3) is 0 Å². The van der Waals surface area contributed by atoms with Crippen LogP contribution in [0.3, 0.4) is 0 Å². The van der Waals surface area contributed by atoms with E-state index in [0.717, 1.165) is 11.3 Å². The number of halogens is 3. The Morgan fingerprint density at radius 1 is 1.28 bits per heavy atom. The van der Waals surface area contributed by atoms with E-state index < -0.39 is 5.82 Å². The van der Waals surface area contributed by atoms with Crippen LogP contribution in [0.4, 0.5) is 4.39 Å². The molecule has 0 fully saturated rings. The van der Waals surface area contributed by atoms with Crippen molar-refractivity contribution in [2.75, 3.05) is 0 Å². The van der Waals surface area contributed by atoms with Crippen LogP contribution in [0.2, 0.25) is 5.02 Å². The second-order valence-electron chi connectivity index (χ2n) is 3.71. The molecular weight excluding hydrogens is 276 g/mol. The van der Waals surface area contributed by atoms with E-state index >= 15 is 0 Å². The van der Waals surface area contributed by atoms with Crippen molar-refractivity contribution in [1.29, 1.82) is 0 Å². The van der Waals surface area contributed by atoms with Gasteiger partial charge in [0.15, 0.2) is 0 Å². The first-order valence-corrected chi connectivity index (χ1v) is 6.17. The molecule has 0 radical (unpaired) electrons. The summed E-state index contributed by atoms with van der Waals surface area (Å²) in [6.45, 7) is 1.84. The van der Waals surface area contributed by atoms with E-state index in [1.165, 1.54) is 12.1 Å². The van der Waals surface area contributed by atoms with Crippen molar-refractivity contribution < 1.29 is 9.13 Å². The molecule has 0 amide bonds. The number of nitrogens with zero attached hydrogens (tertiary/aromatic N) is 1. The third-order valence-corrected chi connectivity index (χ3v) is 3.02. The van der Waals surface area contributed by atoms with Gasteiger partial charge in [0.05, 0.1) is 5.02 Å². The van der Waals surface area contributed by atoms with Crippen LogP contribution < -0.4 is 4.74 Å². The number of ether oxygens (including phenoxy) is 1. The maximum Gasteiger partial charge on any atom is 0.219 e. The fourth-order valence-corrected chi connectivity index (χ4v) is 1.83. The Labute approximate surface area is 114 Å². The molecule has 94 valence electrons. The van der Waals surface area contributed by atoms with Crippen LogP contribution in [-0.4, -0.2) is 4.98 Å². The topological polar surface area (TPSA) is 22.1 Å². The minimum absolute atomic E-state index is 0.0592. The SMILES string of the molecule is Cc1nc(Oc2ccc(Cl)c(F)c2)ccc1CCl. The van der Waals surface area contributed by atoms with Gasteiger partial charge in [0.2, 0.25) is 5.88 Å². The summed E-state index contributed by atoms with van der Waals surface area (Å²) in [7, 11) is 0. The van der Waals surface area contributed by atoms with Gasteiger partial charge in [-0.15, -0.1) is 11.6 Å². The van der Waals surface area contributed by atoms with Crippen LogP contribution in [0.5, 0.6) is 11.6 Å². The highest BCUT2D eigenvalue weighted by atomic mass is 35.5. The molecule has 0 unspecified atom stereocenters. The van der Waals surface area contributed by atoms with Crippen molar-refractivity contribution in [2.45, 2.75) is 12.8 Å². The average molecular weight is 286 g/mol. The molecular formula is C13H10Cl2FNO. The number of aromatic nitrogens is 1. The van der Waals surface area contributed by atoms with Gasteiger partial charge in [-0.05, 0) is 24.6 Å². The predicted molar refractivity (Wildman–Crippen MR) is 70.0 cm³/mol. The highest BCUT2D eigenvalue weighted by molar-refractivity contribution is 6.30. The smallest absolute Gasteiger partial charge is 0.219 e. The Hall–Kier alpha value is -1.32. The standard InChI is InChI=1S/C13H10Cl2FNO/c1-8-9(7-14)2-5-13(17-8)18-10-3-4-11(15)12(16)6-10/h2-6H,7H2,1H3. The number of alkyl halides is 1. The number of hydrogen-bond acceptors (Lipinski definition) is 2. The Kier molecular flexibility index (Phi) is 4.04. The molecule has 1 heterocycles. The molecule has 2 rings (SSSR count). The summed E-state index contributed by atoms with van der Waals surface area (Å²) >= 11 is 11.3. The zero-order chi connectivity index (χ0) is 13.1. The molecule has 5 heteroatoms. The monoisotopic (exact) mass is 285 g/mol. The van der Waals surface area contributed by atoms with Gasteiger partial charge in [-0.2, -0.15) is 0 Å². The van der Waals surface area contributed by atoms with E-state index in [1.807, 2.05) is 13.0 Å². The summed E-state index contributed by atoms with van der Waals surface area (Å²) in [4.78, 5) is 4.23. The molecule has 0 N–H and O–H groups in total. The van der Waals surface area contributed by atoms with Gasteiger partial charge in [0.1, 0.15) is 11.6 Å². The second-order valence-corrected chi connectivity index (χ2v) is 4.38. The lowest BCUT2D eigenvalue weighted by Crippen LogP contribution is -1.94. The summed E-state index contributed by atoms with van der Waals surface area (Å²) in [6.07, 6.45) is 0. The third kappa shape index (κ3) is 2.92. The molecule has 0 spiro atoms. The van der Waals surface area contributed by atoms with Crippen LogP contribution >= 0.6 is 23.2 Å². The zero-order valence-electron chi connectivity index (χ0n) is 9.58. The third-order valence-electron chi connectivity index (χ3n) is 2.43. The number of aryl methyl sites for hydroxylation is 1. The first-order chi connectivity index (χ1) is 8.60. The van der Waals surface area contributed by atoms with Crippen LogP contribution in [0, 0.1) is 12.7 Å². The second kappa shape index (κ2) is 5.55. The fourth-order valence-electron chi connectivity index (χ4n) is 1.43. The van der Waals surface area contributed by atoms with E-state index in [2.05, 4.69) is 4.98 Å². The van der Waals surface area contributed by atoms with E-state index in [-0.39, 0.29) is 5.02 Å². The molecule has 1 aromatic heterocycles. The molecule has 2 nitrogen and oxygen atoms in total. The molecule has 0 aliphatic carbocycles. The highest BCUT2D eigenvalue weighted by Crippen LogP contribution is 2.25. The van der Waals surface area contributed by atoms with Gasteiger partial charge in [-0.3, -0.25) is 0 Å². The molecule has 0 aliphatic heterocycles. The van der Waals surface area contributed by atoms with E-state index in [4.69, 9.17) is 27.9 Å². The molecule has 0 atom stereocenters. The normalized spacial score (nSPS) is 10.4. The van der Waals surface area contributed by atoms with Crippen molar-refractivity contribution in [3.05, 3.63) is 52.4 Å². The van der Waals surface area contributed by atoms with Gasteiger partial charge in [0, 0.05) is 23.7 Å². The van der Waals surface area contributed by atoms with Crippen LogP contribution in [0.1, 0.15) is 11.3 Å². The molecule has 0 bridgehead atoms. The lowest BCUT2D eigenvalue weighted by molar-refractivity contribution is 0.456. The Morgan fingerprint density at radius 2 is 2.06 bits per heavy atom. The maximum atomic E-state index is 13.2. The van der Waals surface area contributed by atoms with Gasteiger partial charge in [0.25, 0.3) is 0 Å². The minimum atomic E-state index is -0.525. The number of pyridine rings is 1. The maximum absolute atomic E-state index is 13.2. The summed E-state index contributed by atoms with van der Waals surface area (Å²) in [5.74, 6) is 0.614. The molecule has 18 heavy (non-hydrogen) atoms. The number of hydrogen-bond donors (Lipinski definition) is 0. The summed E-state index contributed by atoms with van der Waals surface area (Å²) in [5.41, 5.74) is 1.73.